The van der Waals surface area contributed by atoms with Crippen LogP contribution in [0.4, 0.5) is 0 Å². The van der Waals surface area contributed by atoms with E-state index in [9.17, 15) is 13.2 Å². The molecule has 0 spiro atoms. The van der Waals surface area contributed by atoms with Gasteiger partial charge in [-0.3, -0.25) is 4.79 Å². The van der Waals surface area contributed by atoms with Crippen LogP contribution in [-0.2, 0) is 14.8 Å². The highest BCUT2D eigenvalue weighted by molar-refractivity contribution is 7.89. The van der Waals surface area contributed by atoms with E-state index in [-0.39, 0.29) is 29.8 Å². The summed E-state index contributed by atoms with van der Waals surface area (Å²) < 4.78 is 27.2. The smallest absolute Gasteiger partial charge is 0.240 e. The van der Waals surface area contributed by atoms with Crippen molar-refractivity contribution in [1.82, 2.24) is 10.0 Å². The third-order valence-corrected chi connectivity index (χ3v) is 5.85. The zero-order valence-corrected chi connectivity index (χ0v) is 14.7. The van der Waals surface area contributed by atoms with E-state index in [2.05, 4.69) is 10.0 Å². The zero-order chi connectivity index (χ0) is 16.9. The Morgan fingerprint density at radius 1 is 1.17 bits per heavy atom. The van der Waals surface area contributed by atoms with Gasteiger partial charge in [-0.1, -0.05) is 31.4 Å². The molecular weight excluding hydrogens is 312 g/mol. The van der Waals surface area contributed by atoms with Crippen molar-refractivity contribution in [3.05, 3.63) is 29.3 Å². The Labute approximate surface area is 138 Å². The van der Waals surface area contributed by atoms with Crippen molar-refractivity contribution in [3.8, 4) is 0 Å². The summed E-state index contributed by atoms with van der Waals surface area (Å²) >= 11 is 0. The third-order valence-electron chi connectivity index (χ3n) is 4.25. The van der Waals surface area contributed by atoms with Crippen LogP contribution in [0.1, 0.15) is 49.7 Å². The SMILES string of the molecule is Cc1ccc(C)c(S(=O)(=O)NCCC(=O)NC2CCCCC2)c1. The van der Waals surface area contributed by atoms with Gasteiger partial charge in [-0.05, 0) is 43.9 Å². The largest absolute Gasteiger partial charge is 0.353 e. The van der Waals surface area contributed by atoms with Crippen molar-refractivity contribution in [2.75, 3.05) is 6.54 Å². The van der Waals surface area contributed by atoms with Gasteiger partial charge in [0, 0.05) is 19.0 Å². The first-order valence-electron chi connectivity index (χ1n) is 8.25. The number of rotatable bonds is 6. The molecular formula is C17H26N2O3S. The molecule has 0 aromatic heterocycles. The maximum Gasteiger partial charge on any atom is 0.240 e. The number of sulfonamides is 1. The van der Waals surface area contributed by atoms with Crippen LogP contribution < -0.4 is 10.0 Å². The molecule has 128 valence electrons. The molecule has 1 fully saturated rings. The van der Waals surface area contributed by atoms with Crippen LogP contribution >= 0.6 is 0 Å². The van der Waals surface area contributed by atoms with Crippen LogP contribution in [0.3, 0.4) is 0 Å². The summed E-state index contributed by atoms with van der Waals surface area (Å²) in [5.74, 6) is -0.0828. The molecule has 0 saturated heterocycles. The minimum absolute atomic E-state index is 0.0828. The van der Waals surface area contributed by atoms with Crippen LogP contribution in [0.5, 0.6) is 0 Å². The van der Waals surface area contributed by atoms with Gasteiger partial charge in [-0.2, -0.15) is 0 Å². The second-order valence-electron chi connectivity index (χ2n) is 6.32. The lowest BCUT2D eigenvalue weighted by molar-refractivity contribution is -0.121. The lowest BCUT2D eigenvalue weighted by Crippen LogP contribution is -2.38. The normalized spacial score (nSPS) is 16.3. The molecule has 23 heavy (non-hydrogen) atoms. The zero-order valence-electron chi connectivity index (χ0n) is 13.9. The quantitative estimate of drug-likeness (QED) is 0.836. The van der Waals surface area contributed by atoms with E-state index < -0.39 is 10.0 Å². The maximum absolute atomic E-state index is 12.3. The number of amides is 1. The molecule has 0 unspecified atom stereocenters. The molecule has 1 amide bonds. The highest BCUT2D eigenvalue weighted by atomic mass is 32.2. The van der Waals surface area contributed by atoms with Crippen LogP contribution in [0.2, 0.25) is 0 Å². The van der Waals surface area contributed by atoms with Crippen molar-refractivity contribution in [2.45, 2.75) is 63.3 Å². The van der Waals surface area contributed by atoms with E-state index in [1.807, 2.05) is 13.0 Å². The van der Waals surface area contributed by atoms with E-state index in [4.69, 9.17) is 0 Å². The molecule has 1 aliphatic carbocycles. The number of hydrogen-bond acceptors (Lipinski definition) is 3. The molecule has 0 radical (unpaired) electrons. The minimum Gasteiger partial charge on any atom is -0.353 e. The fraction of sp³-hybridized carbons (Fsp3) is 0.588. The van der Waals surface area contributed by atoms with E-state index in [0.29, 0.717) is 5.56 Å². The van der Waals surface area contributed by atoms with Crippen molar-refractivity contribution < 1.29 is 13.2 Å². The third kappa shape index (κ3) is 5.32. The van der Waals surface area contributed by atoms with E-state index in [1.54, 1.807) is 19.1 Å². The van der Waals surface area contributed by atoms with Crippen molar-refractivity contribution in [1.29, 1.82) is 0 Å². The molecule has 1 saturated carbocycles. The van der Waals surface area contributed by atoms with Crippen molar-refractivity contribution in [3.63, 3.8) is 0 Å². The molecule has 1 aromatic rings. The number of nitrogens with one attached hydrogen (secondary N) is 2. The first-order chi connectivity index (χ1) is 10.9. The van der Waals surface area contributed by atoms with Crippen LogP contribution in [0.15, 0.2) is 23.1 Å². The minimum atomic E-state index is -3.57. The fourth-order valence-electron chi connectivity index (χ4n) is 2.92. The van der Waals surface area contributed by atoms with Gasteiger partial charge in [0.25, 0.3) is 0 Å². The molecule has 6 heteroatoms. The van der Waals surface area contributed by atoms with Crippen LogP contribution in [0.25, 0.3) is 0 Å². The number of hydrogen-bond donors (Lipinski definition) is 2. The van der Waals surface area contributed by atoms with Gasteiger partial charge in [0.15, 0.2) is 0 Å². The molecule has 0 bridgehead atoms. The van der Waals surface area contributed by atoms with Gasteiger partial charge in [-0.15, -0.1) is 0 Å². The topological polar surface area (TPSA) is 75.3 Å². The predicted molar refractivity (Wildman–Crippen MR) is 90.7 cm³/mol. The Hall–Kier alpha value is -1.40. The first-order valence-corrected chi connectivity index (χ1v) is 9.73. The Kier molecular flexibility index (Phi) is 6.18. The van der Waals surface area contributed by atoms with Crippen LogP contribution in [0, 0.1) is 13.8 Å². The molecule has 5 nitrogen and oxygen atoms in total. The molecule has 2 rings (SSSR count). The Balaban J connectivity index is 1.84. The molecule has 0 aliphatic heterocycles. The van der Waals surface area contributed by atoms with Gasteiger partial charge >= 0.3 is 0 Å². The molecule has 0 atom stereocenters. The molecule has 1 aliphatic rings. The second kappa shape index (κ2) is 7.93. The second-order valence-corrected chi connectivity index (χ2v) is 8.05. The van der Waals surface area contributed by atoms with Gasteiger partial charge < -0.3 is 5.32 Å². The maximum atomic E-state index is 12.3. The van der Waals surface area contributed by atoms with Crippen LogP contribution in [-0.4, -0.2) is 26.9 Å². The van der Waals surface area contributed by atoms with Gasteiger partial charge in [-0.25, -0.2) is 13.1 Å². The van der Waals surface area contributed by atoms with Crippen molar-refractivity contribution in [2.24, 2.45) is 0 Å². The van der Waals surface area contributed by atoms with E-state index >= 15 is 0 Å². The van der Waals surface area contributed by atoms with E-state index in [1.165, 1.54) is 6.42 Å². The monoisotopic (exact) mass is 338 g/mol. The fourth-order valence-corrected chi connectivity index (χ4v) is 4.28. The van der Waals surface area contributed by atoms with Gasteiger partial charge in [0.2, 0.25) is 15.9 Å². The van der Waals surface area contributed by atoms with Crippen molar-refractivity contribution >= 4 is 15.9 Å². The van der Waals surface area contributed by atoms with E-state index in [0.717, 1.165) is 31.2 Å². The number of carbonyl (C=O) groups excluding carboxylic acids is 1. The summed E-state index contributed by atoms with van der Waals surface area (Å²) in [4.78, 5) is 12.2. The summed E-state index contributed by atoms with van der Waals surface area (Å²) in [7, 11) is -3.57. The standard InChI is InChI=1S/C17H26N2O3S/c1-13-8-9-14(2)16(12-13)23(21,22)18-11-10-17(20)19-15-6-4-3-5-7-15/h8-9,12,15,18H,3-7,10-11H2,1-2H3,(H,19,20). The average molecular weight is 338 g/mol. The Bertz CT molecular complexity index is 650. The lowest BCUT2D eigenvalue weighted by Gasteiger charge is -2.22. The summed E-state index contributed by atoms with van der Waals surface area (Å²) in [6.07, 6.45) is 5.77. The Morgan fingerprint density at radius 2 is 1.87 bits per heavy atom. The summed E-state index contributed by atoms with van der Waals surface area (Å²) in [5, 5.41) is 2.99. The highest BCUT2D eigenvalue weighted by Gasteiger charge is 2.18. The van der Waals surface area contributed by atoms with Gasteiger partial charge in [0.1, 0.15) is 0 Å². The molecule has 2 N–H and O–H groups in total. The molecule has 1 aromatic carbocycles. The average Bonchev–Trinajstić information content (AvgIpc) is 2.50. The highest BCUT2D eigenvalue weighted by Crippen LogP contribution is 2.18. The number of carbonyl (C=O) groups is 1. The summed E-state index contributed by atoms with van der Waals surface area (Å²) in [5.41, 5.74) is 1.60. The molecule has 0 heterocycles. The predicted octanol–water partition coefficient (Wildman–Crippen LogP) is 2.42. The number of benzene rings is 1. The number of aryl methyl sites for hydroxylation is 2. The Morgan fingerprint density at radius 3 is 2.57 bits per heavy atom. The van der Waals surface area contributed by atoms with Gasteiger partial charge in [0.05, 0.1) is 4.90 Å². The summed E-state index contributed by atoms with van der Waals surface area (Å²) in [6, 6.07) is 5.58. The summed E-state index contributed by atoms with van der Waals surface area (Å²) in [6.45, 7) is 3.74. The first kappa shape index (κ1) is 17.9. The lowest BCUT2D eigenvalue weighted by atomic mass is 9.95.